The maximum absolute atomic E-state index is 14.3. The van der Waals surface area contributed by atoms with Crippen LogP contribution in [0.2, 0.25) is 0 Å². The molecule has 482 valence electrons. The van der Waals surface area contributed by atoms with Crippen LogP contribution in [0.5, 0.6) is 0 Å². The van der Waals surface area contributed by atoms with E-state index in [4.69, 9.17) is 22.9 Å². The second-order valence-corrected chi connectivity index (χ2v) is 23.4. The molecule has 1 unspecified atom stereocenters. The summed E-state index contributed by atoms with van der Waals surface area (Å²) in [6, 6.07) is -11.0. The Morgan fingerprint density at radius 2 is 0.847 bits per heavy atom. The fourth-order valence-electron chi connectivity index (χ4n) is 11.6. The average molecular weight is 1200 g/mol. The molecule has 0 radical (unpaired) electrons. The van der Waals surface area contributed by atoms with Gasteiger partial charge in [0.05, 0.1) is 18.2 Å². The fourth-order valence-corrected chi connectivity index (χ4v) is 11.6. The number of nitrogens with two attached hydrogens (primary N) is 4. The topological polar surface area (TPSA) is 417 Å². The molecule has 27 nitrogen and oxygen atoms in total. The molecule has 4 rings (SSSR count). The van der Waals surface area contributed by atoms with Gasteiger partial charge < -0.3 is 89.4 Å². The van der Waals surface area contributed by atoms with Crippen LogP contribution in [-0.2, 0) is 52.7 Å². The smallest absolute Gasteiger partial charge is 0.246 e. The van der Waals surface area contributed by atoms with Crippen molar-refractivity contribution in [1.29, 1.82) is 0 Å². The number of aliphatic hydroxyl groups is 2. The van der Waals surface area contributed by atoms with Gasteiger partial charge in [-0.3, -0.25) is 47.9 Å². The molecule has 10 amide bonds. The van der Waals surface area contributed by atoms with Gasteiger partial charge in [0.25, 0.3) is 0 Å². The largest absolute Gasteiger partial charge is 0.391 e. The number of carbonyl (C=O) groups is 11. The molecule has 0 spiro atoms. The zero-order valence-electron chi connectivity index (χ0n) is 50.8. The maximum Gasteiger partial charge on any atom is 0.246 e. The predicted octanol–water partition coefficient (Wildman–Crippen LogP) is -2.09. The minimum atomic E-state index is -1.27. The molecular formula is C58H102N14O13. The summed E-state index contributed by atoms with van der Waals surface area (Å²) in [7, 11) is 0. The summed E-state index contributed by atoms with van der Waals surface area (Å²) >= 11 is 0. The number of rotatable bonds is 37. The van der Waals surface area contributed by atoms with Crippen molar-refractivity contribution in [3.8, 4) is 0 Å². The standard InChI is InChI=1S/C58H102N14O13/c1-5-7-20-39(65-51(78)43-24-15-31-69(43)57(84)45-26-17-33-71(45)55(82)41(22-9-12-28-59)67-53(80)47(61)36(3)74)49(76)63-30-14-11-19-38(35-73)64-50(77)40(21-8-6-2)66-52(79)44-25-16-32-70(44)58(85)46-27-18-34-72(46)56(83)42(23-10-13-29-60)68-54(81)48(62)37(4)75/h35-48,74-75H,5-34,59-62H2,1-4H3,(H,63,76)(H,64,77)(H,65,78)(H,66,79)(H,67,80)(H,68,81)/t36-,37-,38-,39+,40?,41+,42+,43+,44+,45+,46+,47+,48+/m1/s1. The molecule has 4 aliphatic rings. The Bertz CT molecular complexity index is 2230. The Labute approximate surface area is 501 Å². The van der Waals surface area contributed by atoms with Crippen molar-refractivity contribution in [2.45, 2.75) is 254 Å². The van der Waals surface area contributed by atoms with Crippen LogP contribution in [0.15, 0.2) is 0 Å². The minimum absolute atomic E-state index is 0.193. The summed E-state index contributed by atoms with van der Waals surface area (Å²) in [5.74, 6) is -5.14. The zero-order chi connectivity index (χ0) is 62.8. The second-order valence-electron chi connectivity index (χ2n) is 23.4. The Morgan fingerprint density at radius 3 is 1.24 bits per heavy atom. The van der Waals surface area contributed by atoms with Crippen LogP contribution < -0.4 is 54.8 Å². The quantitative estimate of drug-likeness (QED) is 0.0234. The molecule has 13 atom stereocenters. The number of amides is 10. The molecule has 16 N–H and O–H groups in total. The van der Waals surface area contributed by atoms with Gasteiger partial charge in [0, 0.05) is 32.7 Å². The van der Waals surface area contributed by atoms with Crippen LogP contribution in [0, 0.1) is 0 Å². The van der Waals surface area contributed by atoms with Crippen LogP contribution in [0.4, 0.5) is 0 Å². The van der Waals surface area contributed by atoms with E-state index in [-0.39, 0.29) is 58.4 Å². The third-order valence-corrected chi connectivity index (χ3v) is 16.8. The van der Waals surface area contributed by atoms with E-state index in [2.05, 4.69) is 31.9 Å². The number of aldehydes is 1. The SMILES string of the molecule is CCCCC(NC(=O)[C@@H]1CCCN1C(=O)[C@@H]1CCCN1C(=O)[C@H](CCCCN)NC(=O)[C@@H](N)[C@@H](C)O)C(=O)N[C@@H](C=O)CCCCNC(=O)[C@H](CCCC)NC(=O)[C@@H]1CCCN1C(=O)[C@@H]1CCCN1C(=O)[C@H](CCCCN)NC(=O)[C@@H](N)[C@@H](C)O. The zero-order valence-corrected chi connectivity index (χ0v) is 50.8. The van der Waals surface area contributed by atoms with E-state index < -0.39 is 138 Å². The van der Waals surface area contributed by atoms with E-state index in [0.29, 0.717) is 135 Å². The van der Waals surface area contributed by atoms with E-state index in [1.54, 1.807) is 0 Å². The molecule has 0 aliphatic carbocycles. The monoisotopic (exact) mass is 1200 g/mol. The van der Waals surface area contributed by atoms with Gasteiger partial charge in [-0.1, -0.05) is 39.5 Å². The van der Waals surface area contributed by atoms with E-state index >= 15 is 0 Å². The van der Waals surface area contributed by atoms with E-state index in [9.17, 15) is 63.0 Å². The van der Waals surface area contributed by atoms with Crippen molar-refractivity contribution in [1.82, 2.24) is 51.5 Å². The Balaban J connectivity index is 1.31. The van der Waals surface area contributed by atoms with Crippen LogP contribution in [0.3, 0.4) is 0 Å². The summed E-state index contributed by atoms with van der Waals surface area (Å²) in [5.41, 5.74) is 23.1. The molecule has 0 aromatic rings. The molecule has 0 bridgehead atoms. The van der Waals surface area contributed by atoms with Gasteiger partial charge >= 0.3 is 0 Å². The number of nitrogens with zero attached hydrogens (tertiary/aromatic N) is 4. The predicted molar refractivity (Wildman–Crippen MR) is 316 cm³/mol. The molecule has 4 saturated heterocycles. The number of hydrogen-bond donors (Lipinski definition) is 12. The van der Waals surface area contributed by atoms with E-state index in [1.165, 1.54) is 33.4 Å². The highest BCUT2D eigenvalue weighted by molar-refractivity contribution is 5.98. The maximum atomic E-state index is 14.3. The van der Waals surface area contributed by atoms with E-state index in [1.807, 2.05) is 13.8 Å². The summed E-state index contributed by atoms with van der Waals surface area (Å²) in [4.78, 5) is 156. The van der Waals surface area contributed by atoms with Gasteiger partial charge in [0.15, 0.2) is 0 Å². The molecule has 4 aliphatic heterocycles. The molecule has 0 aromatic heterocycles. The van der Waals surface area contributed by atoms with Gasteiger partial charge in [0.1, 0.15) is 66.7 Å². The van der Waals surface area contributed by atoms with E-state index in [0.717, 1.165) is 6.42 Å². The molecule has 0 saturated carbocycles. The van der Waals surface area contributed by atoms with Gasteiger partial charge in [-0.2, -0.15) is 0 Å². The molecule has 0 aromatic carbocycles. The lowest BCUT2D eigenvalue weighted by Gasteiger charge is -2.33. The lowest BCUT2D eigenvalue weighted by Crippen LogP contribution is -2.59. The lowest BCUT2D eigenvalue weighted by molar-refractivity contribution is -0.148. The van der Waals surface area contributed by atoms with Gasteiger partial charge in [-0.25, -0.2) is 0 Å². The lowest BCUT2D eigenvalue weighted by atomic mass is 10.0. The van der Waals surface area contributed by atoms with Crippen molar-refractivity contribution in [2.24, 2.45) is 22.9 Å². The third-order valence-electron chi connectivity index (χ3n) is 16.8. The highest BCUT2D eigenvalue weighted by Crippen LogP contribution is 2.29. The average Bonchev–Trinajstić information content (AvgIpc) is 2.59. The van der Waals surface area contributed by atoms with Gasteiger partial charge in [-0.05, 0) is 149 Å². The highest BCUT2D eigenvalue weighted by Gasteiger charge is 2.46. The Hall–Kier alpha value is -5.87. The van der Waals surface area contributed by atoms with Gasteiger partial charge in [0.2, 0.25) is 59.1 Å². The van der Waals surface area contributed by atoms with Crippen molar-refractivity contribution in [3.05, 3.63) is 0 Å². The first-order valence-corrected chi connectivity index (χ1v) is 31.4. The van der Waals surface area contributed by atoms with Crippen LogP contribution in [-0.4, -0.2) is 220 Å². The second kappa shape index (κ2) is 37.0. The Morgan fingerprint density at radius 1 is 0.471 bits per heavy atom. The molecule has 4 fully saturated rings. The third kappa shape index (κ3) is 21.2. The first-order chi connectivity index (χ1) is 40.6. The number of unbranched alkanes of at least 4 members (excludes halogenated alkanes) is 5. The van der Waals surface area contributed by atoms with Crippen LogP contribution in [0.25, 0.3) is 0 Å². The molecule has 85 heavy (non-hydrogen) atoms. The number of likely N-dealkylation sites (tertiary alicyclic amines) is 4. The summed E-state index contributed by atoms with van der Waals surface area (Å²) < 4.78 is 0. The Kier molecular flexibility index (Phi) is 31.1. The molecule has 4 heterocycles. The van der Waals surface area contributed by atoms with Crippen molar-refractivity contribution < 1.29 is 63.0 Å². The van der Waals surface area contributed by atoms with Crippen molar-refractivity contribution in [3.63, 3.8) is 0 Å². The molecule has 27 heteroatoms. The first kappa shape index (κ1) is 71.6. The van der Waals surface area contributed by atoms with Crippen LogP contribution >= 0.6 is 0 Å². The minimum Gasteiger partial charge on any atom is -0.391 e. The normalized spacial score (nSPS) is 21.8. The number of aliphatic hydroxyl groups excluding tert-OH is 2. The first-order valence-electron chi connectivity index (χ1n) is 31.4. The summed E-state index contributed by atoms with van der Waals surface area (Å²) in [6.07, 6.45) is 8.76. The van der Waals surface area contributed by atoms with Gasteiger partial charge in [-0.15, -0.1) is 0 Å². The van der Waals surface area contributed by atoms with Crippen molar-refractivity contribution in [2.75, 3.05) is 45.8 Å². The van der Waals surface area contributed by atoms with Crippen molar-refractivity contribution >= 4 is 65.4 Å². The summed E-state index contributed by atoms with van der Waals surface area (Å²) in [5, 5.41) is 36.5. The summed E-state index contributed by atoms with van der Waals surface area (Å²) in [6.45, 7) is 8.63. The number of carbonyl (C=O) groups excluding carboxylic acids is 11. The van der Waals surface area contributed by atoms with Crippen LogP contribution in [0.1, 0.15) is 175 Å². The fraction of sp³-hybridized carbons (Fsp3) is 0.810. The number of hydrogen-bond acceptors (Lipinski definition) is 17. The highest BCUT2D eigenvalue weighted by atomic mass is 16.3. The molecular weight excluding hydrogens is 1100 g/mol. The number of nitrogens with one attached hydrogen (secondary N) is 6.